The third-order valence-corrected chi connectivity index (χ3v) is 3.43. The molecular formula is C8H15NO5S. The van der Waals surface area contributed by atoms with E-state index in [4.69, 9.17) is 4.74 Å². The Hall–Kier alpha value is -0.820. The smallest absolute Gasteiger partial charge is 0.425 e. The highest BCUT2D eigenvalue weighted by Crippen LogP contribution is 2.19. The Morgan fingerprint density at radius 2 is 2.27 bits per heavy atom. The van der Waals surface area contributed by atoms with Crippen molar-refractivity contribution in [3.8, 4) is 0 Å². The van der Waals surface area contributed by atoms with Crippen LogP contribution in [0.15, 0.2) is 0 Å². The number of hydrogen-bond donors (Lipinski definition) is 0. The van der Waals surface area contributed by atoms with Crippen molar-refractivity contribution < 1.29 is 22.1 Å². The van der Waals surface area contributed by atoms with Gasteiger partial charge in [0.15, 0.2) is 0 Å². The zero-order valence-corrected chi connectivity index (χ0v) is 9.62. The first kappa shape index (κ1) is 12.3. The summed E-state index contributed by atoms with van der Waals surface area (Å²) in [4.78, 5) is 11.4. The van der Waals surface area contributed by atoms with Crippen LogP contribution < -0.4 is 0 Å². The van der Waals surface area contributed by atoms with E-state index < -0.39 is 22.4 Å². The average molecular weight is 237 g/mol. The fraction of sp³-hybridized carbons (Fsp3) is 0.875. The summed E-state index contributed by atoms with van der Waals surface area (Å²) in [6.07, 6.45) is 0.745. The van der Waals surface area contributed by atoms with Crippen LogP contribution in [0.25, 0.3) is 0 Å². The van der Waals surface area contributed by atoms with Crippen LogP contribution in [0.3, 0.4) is 0 Å². The molecule has 7 heteroatoms. The summed E-state index contributed by atoms with van der Waals surface area (Å²) in [5.41, 5.74) is 0. The molecule has 0 aliphatic carbocycles. The molecule has 88 valence electrons. The van der Waals surface area contributed by atoms with Crippen LogP contribution in [0.2, 0.25) is 0 Å². The molecule has 6 nitrogen and oxygen atoms in total. The third-order valence-electron chi connectivity index (χ3n) is 2.00. The molecule has 1 aliphatic rings. The van der Waals surface area contributed by atoms with E-state index in [0.29, 0.717) is 4.31 Å². The zero-order valence-electron chi connectivity index (χ0n) is 8.80. The lowest BCUT2D eigenvalue weighted by molar-refractivity contribution is 0.119. The molecule has 0 N–H and O–H groups in total. The lowest BCUT2D eigenvalue weighted by Gasteiger charge is -2.16. The molecule has 0 aromatic carbocycles. The zero-order chi connectivity index (χ0) is 11.5. The van der Waals surface area contributed by atoms with Crippen LogP contribution in [0.1, 0.15) is 26.7 Å². The summed E-state index contributed by atoms with van der Waals surface area (Å²) in [5, 5.41) is 0. The van der Waals surface area contributed by atoms with E-state index in [1.165, 1.54) is 0 Å². The van der Waals surface area contributed by atoms with Crippen molar-refractivity contribution in [3.63, 3.8) is 0 Å². The molecule has 1 atom stereocenters. The lowest BCUT2D eigenvalue weighted by Crippen LogP contribution is -2.38. The summed E-state index contributed by atoms with van der Waals surface area (Å²) < 4.78 is 32.4. The van der Waals surface area contributed by atoms with Gasteiger partial charge in [-0.3, -0.25) is 4.18 Å². The Labute approximate surface area is 89.4 Å². The summed E-state index contributed by atoms with van der Waals surface area (Å²) in [7, 11) is -3.91. The molecule has 0 radical (unpaired) electrons. The molecule has 1 unspecified atom stereocenters. The van der Waals surface area contributed by atoms with Gasteiger partial charge in [0.05, 0.1) is 19.3 Å². The van der Waals surface area contributed by atoms with Gasteiger partial charge in [-0.05, 0) is 13.3 Å². The van der Waals surface area contributed by atoms with Gasteiger partial charge >= 0.3 is 16.4 Å². The van der Waals surface area contributed by atoms with E-state index in [0.717, 1.165) is 12.8 Å². The second kappa shape index (κ2) is 4.80. The highest BCUT2D eigenvalue weighted by molar-refractivity contribution is 7.85. The van der Waals surface area contributed by atoms with E-state index in [2.05, 4.69) is 4.18 Å². The minimum Gasteiger partial charge on any atom is -0.449 e. The third kappa shape index (κ3) is 2.82. The number of unbranched alkanes of at least 4 members (excludes halogenated alkanes) is 1. The van der Waals surface area contributed by atoms with E-state index in [9.17, 15) is 13.2 Å². The van der Waals surface area contributed by atoms with Gasteiger partial charge in [-0.25, -0.2) is 4.79 Å². The second-order valence-corrected chi connectivity index (χ2v) is 4.84. The Kier molecular flexibility index (Phi) is 3.92. The number of ether oxygens (including phenoxy) is 1. The molecule has 15 heavy (non-hydrogen) atoms. The van der Waals surface area contributed by atoms with Crippen LogP contribution in [0.4, 0.5) is 4.79 Å². The fourth-order valence-corrected chi connectivity index (χ4v) is 2.39. The van der Waals surface area contributed by atoms with Gasteiger partial charge in [-0.2, -0.15) is 12.7 Å². The predicted molar refractivity (Wildman–Crippen MR) is 52.4 cm³/mol. The van der Waals surface area contributed by atoms with Gasteiger partial charge in [-0.1, -0.05) is 13.3 Å². The van der Waals surface area contributed by atoms with Gasteiger partial charge in [0.25, 0.3) is 0 Å². The maximum Gasteiger partial charge on any atom is 0.425 e. The first-order valence-corrected chi connectivity index (χ1v) is 6.21. The normalized spacial score (nSPS) is 24.1. The van der Waals surface area contributed by atoms with Gasteiger partial charge in [0, 0.05) is 0 Å². The molecule has 1 aliphatic heterocycles. The predicted octanol–water partition coefficient (Wildman–Crippen LogP) is 0.889. The maximum absolute atomic E-state index is 11.4. The van der Waals surface area contributed by atoms with Crippen LogP contribution in [-0.4, -0.2) is 38.1 Å². The molecule has 0 spiro atoms. The summed E-state index contributed by atoms with van der Waals surface area (Å²) in [6, 6.07) is -0.496. The highest BCUT2D eigenvalue weighted by Gasteiger charge is 2.41. The lowest BCUT2D eigenvalue weighted by atomic mass is 10.4. The number of amides is 1. The molecule has 0 aromatic rings. The molecule has 0 saturated carbocycles. The maximum atomic E-state index is 11.4. The van der Waals surface area contributed by atoms with Gasteiger partial charge in [0.1, 0.15) is 0 Å². The van der Waals surface area contributed by atoms with E-state index in [1.54, 1.807) is 6.92 Å². The average Bonchev–Trinajstić information content (AvgIpc) is 2.41. The van der Waals surface area contributed by atoms with Gasteiger partial charge in [0.2, 0.25) is 0 Å². The largest absolute Gasteiger partial charge is 0.449 e. The molecule has 1 heterocycles. The minimum atomic E-state index is -3.91. The summed E-state index contributed by atoms with van der Waals surface area (Å²) in [5.74, 6) is 0. The van der Waals surface area contributed by atoms with Crippen molar-refractivity contribution in [2.75, 3.05) is 13.2 Å². The van der Waals surface area contributed by atoms with Crippen LogP contribution in [0, 0.1) is 0 Å². The topological polar surface area (TPSA) is 72.9 Å². The number of nitrogens with zero attached hydrogens (tertiary/aromatic N) is 1. The quantitative estimate of drug-likeness (QED) is 0.681. The Bertz CT molecular complexity index is 326. The Balaban J connectivity index is 2.58. The standard InChI is InChI=1S/C8H15NO5S/c1-3-4-5-13-8(10)9-7(2)6-14-15(9,11)12/h7H,3-6H2,1-2H3. The summed E-state index contributed by atoms with van der Waals surface area (Å²) >= 11 is 0. The molecule has 0 bridgehead atoms. The van der Waals surface area contributed by atoms with Crippen molar-refractivity contribution >= 4 is 16.4 Å². The van der Waals surface area contributed by atoms with Crippen LogP contribution in [-0.2, 0) is 19.2 Å². The summed E-state index contributed by atoms with van der Waals surface area (Å²) in [6.45, 7) is 3.76. The fourth-order valence-electron chi connectivity index (χ4n) is 1.17. The Morgan fingerprint density at radius 3 is 2.73 bits per heavy atom. The van der Waals surface area contributed by atoms with E-state index >= 15 is 0 Å². The Morgan fingerprint density at radius 1 is 1.60 bits per heavy atom. The first-order valence-electron chi connectivity index (χ1n) is 4.84. The SMILES string of the molecule is CCCCOC(=O)N1C(C)COS1(=O)=O. The number of carbonyl (C=O) groups excluding carboxylic acids is 1. The molecule has 1 amide bonds. The second-order valence-electron chi connectivity index (χ2n) is 3.35. The molecular weight excluding hydrogens is 222 g/mol. The van der Waals surface area contributed by atoms with Crippen molar-refractivity contribution in [2.24, 2.45) is 0 Å². The van der Waals surface area contributed by atoms with Crippen molar-refractivity contribution in [3.05, 3.63) is 0 Å². The van der Waals surface area contributed by atoms with E-state index in [1.807, 2.05) is 6.92 Å². The number of hydrogen-bond acceptors (Lipinski definition) is 5. The minimum absolute atomic E-state index is 0.00872. The van der Waals surface area contributed by atoms with Crippen molar-refractivity contribution in [1.82, 2.24) is 4.31 Å². The van der Waals surface area contributed by atoms with Gasteiger partial charge < -0.3 is 4.74 Å². The molecule has 1 saturated heterocycles. The van der Waals surface area contributed by atoms with E-state index in [-0.39, 0.29) is 13.2 Å². The molecule has 1 rings (SSSR count). The number of carbonyl (C=O) groups is 1. The van der Waals surface area contributed by atoms with Crippen LogP contribution >= 0.6 is 0 Å². The van der Waals surface area contributed by atoms with Gasteiger partial charge in [-0.15, -0.1) is 0 Å². The molecule has 1 fully saturated rings. The highest BCUT2D eigenvalue weighted by atomic mass is 32.2. The monoisotopic (exact) mass is 237 g/mol. The number of rotatable bonds is 3. The van der Waals surface area contributed by atoms with Crippen molar-refractivity contribution in [1.29, 1.82) is 0 Å². The van der Waals surface area contributed by atoms with Crippen LogP contribution in [0.5, 0.6) is 0 Å². The van der Waals surface area contributed by atoms with Crippen molar-refractivity contribution in [2.45, 2.75) is 32.7 Å². The molecule has 0 aromatic heterocycles. The first-order chi connectivity index (χ1) is 6.99.